The average molecular weight is 356 g/mol. The first kappa shape index (κ1) is 19.1. The molecule has 0 bridgehead atoms. The smallest absolute Gasteiger partial charge is 0.279 e. The fourth-order valence-electron chi connectivity index (χ4n) is 3.14. The van der Waals surface area contributed by atoms with Crippen LogP contribution in [0.25, 0.3) is 0 Å². The Morgan fingerprint density at radius 2 is 2.04 bits per heavy atom. The van der Waals surface area contributed by atoms with Crippen LogP contribution in [0.2, 0.25) is 0 Å². The Morgan fingerprint density at radius 3 is 2.62 bits per heavy atom. The van der Waals surface area contributed by atoms with Crippen molar-refractivity contribution in [3.63, 3.8) is 0 Å². The fourth-order valence-corrected chi connectivity index (χ4v) is 4.00. The number of aryl methyl sites for hydroxylation is 2. The normalized spacial score (nSPS) is 21.7. The molecule has 2 atom stereocenters. The van der Waals surface area contributed by atoms with Crippen molar-refractivity contribution < 1.29 is 8.42 Å². The molecule has 0 aliphatic carbocycles. The third-order valence-corrected chi connectivity index (χ3v) is 6.09. The zero-order valence-corrected chi connectivity index (χ0v) is 16.1. The molecule has 7 nitrogen and oxygen atoms in total. The van der Waals surface area contributed by atoms with Crippen LogP contribution < -0.4 is 9.62 Å². The number of hydrogen-bond donors (Lipinski definition) is 1. The minimum Gasteiger partial charge on any atom is -0.354 e. The lowest BCUT2D eigenvalue weighted by Crippen LogP contribution is -2.45. The summed E-state index contributed by atoms with van der Waals surface area (Å²) < 4.78 is 28.5. The van der Waals surface area contributed by atoms with E-state index in [9.17, 15) is 8.42 Å². The van der Waals surface area contributed by atoms with Crippen LogP contribution in [0.5, 0.6) is 0 Å². The van der Waals surface area contributed by atoms with Crippen LogP contribution >= 0.6 is 0 Å². The van der Waals surface area contributed by atoms with Crippen molar-refractivity contribution in [2.24, 2.45) is 5.92 Å². The molecule has 0 amide bonds. The summed E-state index contributed by atoms with van der Waals surface area (Å²) in [6.07, 6.45) is 4.76. The van der Waals surface area contributed by atoms with E-state index < -0.39 is 10.2 Å². The van der Waals surface area contributed by atoms with Crippen LogP contribution in [0.1, 0.15) is 38.1 Å². The Morgan fingerprint density at radius 1 is 1.33 bits per heavy atom. The van der Waals surface area contributed by atoms with Crippen molar-refractivity contribution in [1.29, 1.82) is 0 Å². The molecule has 2 heterocycles. The van der Waals surface area contributed by atoms with Gasteiger partial charge in [-0.15, -0.1) is 0 Å². The summed E-state index contributed by atoms with van der Waals surface area (Å²) >= 11 is 0. The Hall–Kier alpha value is -1.25. The molecule has 0 spiro atoms. The van der Waals surface area contributed by atoms with Gasteiger partial charge in [-0.2, -0.15) is 17.4 Å². The first-order valence-corrected chi connectivity index (χ1v) is 9.99. The SMILES string of the molecule is CCC[C@@H]1CN(c2nc(C)ncc2CC)C[C@H]1NS(=O)(=O)N(C)C. The van der Waals surface area contributed by atoms with Gasteiger partial charge in [-0.3, -0.25) is 0 Å². The number of hydrogen-bond acceptors (Lipinski definition) is 5. The monoisotopic (exact) mass is 355 g/mol. The predicted molar refractivity (Wildman–Crippen MR) is 96.3 cm³/mol. The minimum absolute atomic E-state index is 0.0997. The van der Waals surface area contributed by atoms with Crippen LogP contribution in [0.15, 0.2) is 6.20 Å². The second-order valence-electron chi connectivity index (χ2n) is 6.59. The maximum Gasteiger partial charge on any atom is 0.279 e. The Kier molecular flexibility index (Phi) is 6.17. The number of nitrogens with one attached hydrogen (secondary N) is 1. The van der Waals surface area contributed by atoms with Crippen molar-refractivity contribution in [2.75, 3.05) is 32.1 Å². The fraction of sp³-hybridized carbons (Fsp3) is 0.750. The zero-order chi connectivity index (χ0) is 17.9. The summed E-state index contributed by atoms with van der Waals surface area (Å²) in [5.74, 6) is 1.97. The summed E-state index contributed by atoms with van der Waals surface area (Å²) in [6.45, 7) is 7.56. The Bertz CT molecular complexity index is 662. The summed E-state index contributed by atoms with van der Waals surface area (Å²) in [5, 5.41) is 0. The average Bonchev–Trinajstić information content (AvgIpc) is 2.89. The molecule has 2 rings (SSSR count). The highest BCUT2D eigenvalue weighted by Gasteiger charge is 2.36. The first-order valence-electron chi connectivity index (χ1n) is 8.55. The molecule has 0 aromatic carbocycles. The van der Waals surface area contributed by atoms with Crippen molar-refractivity contribution in [2.45, 2.75) is 46.1 Å². The molecule has 0 radical (unpaired) electrons. The van der Waals surface area contributed by atoms with E-state index in [1.165, 1.54) is 4.31 Å². The van der Waals surface area contributed by atoms with E-state index >= 15 is 0 Å². The van der Waals surface area contributed by atoms with E-state index in [4.69, 9.17) is 0 Å². The van der Waals surface area contributed by atoms with Gasteiger partial charge in [0.25, 0.3) is 10.2 Å². The summed E-state index contributed by atoms with van der Waals surface area (Å²) in [4.78, 5) is 11.1. The molecule has 136 valence electrons. The summed E-state index contributed by atoms with van der Waals surface area (Å²) in [5.41, 5.74) is 1.10. The number of aromatic nitrogens is 2. The van der Waals surface area contributed by atoms with Crippen molar-refractivity contribution in [1.82, 2.24) is 19.0 Å². The van der Waals surface area contributed by atoms with Crippen LogP contribution in [0.3, 0.4) is 0 Å². The Balaban J connectivity index is 2.25. The number of nitrogens with zero attached hydrogens (tertiary/aromatic N) is 4. The van der Waals surface area contributed by atoms with Gasteiger partial charge < -0.3 is 4.90 Å². The molecule has 24 heavy (non-hydrogen) atoms. The lowest BCUT2D eigenvalue weighted by molar-refractivity contribution is 0.424. The largest absolute Gasteiger partial charge is 0.354 e. The van der Waals surface area contributed by atoms with E-state index in [1.807, 2.05) is 13.1 Å². The zero-order valence-electron chi connectivity index (χ0n) is 15.3. The predicted octanol–water partition coefficient (Wildman–Crippen LogP) is 1.35. The third-order valence-electron chi connectivity index (χ3n) is 4.52. The van der Waals surface area contributed by atoms with Gasteiger partial charge >= 0.3 is 0 Å². The van der Waals surface area contributed by atoms with Crippen molar-refractivity contribution >= 4 is 16.0 Å². The maximum absolute atomic E-state index is 12.2. The lowest BCUT2D eigenvalue weighted by atomic mass is 9.99. The quantitative estimate of drug-likeness (QED) is 0.799. The molecule has 0 unspecified atom stereocenters. The summed E-state index contributed by atoms with van der Waals surface area (Å²) in [7, 11) is -0.341. The molecule has 0 saturated carbocycles. The van der Waals surface area contributed by atoms with E-state index in [-0.39, 0.29) is 12.0 Å². The topological polar surface area (TPSA) is 78.4 Å². The van der Waals surface area contributed by atoms with Gasteiger partial charge in [0, 0.05) is 45.0 Å². The van der Waals surface area contributed by atoms with E-state index in [2.05, 4.69) is 33.4 Å². The lowest BCUT2D eigenvalue weighted by Gasteiger charge is -2.22. The van der Waals surface area contributed by atoms with Gasteiger partial charge in [0.1, 0.15) is 11.6 Å². The van der Waals surface area contributed by atoms with Gasteiger partial charge in [-0.25, -0.2) is 9.97 Å². The van der Waals surface area contributed by atoms with Gasteiger partial charge in [0.15, 0.2) is 0 Å². The van der Waals surface area contributed by atoms with Crippen molar-refractivity contribution in [3.8, 4) is 0 Å². The molecule has 1 N–H and O–H groups in total. The second kappa shape index (κ2) is 7.76. The first-order chi connectivity index (χ1) is 11.3. The van der Waals surface area contributed by atoms with E-state index in [0.717, 1.165) is 43.0 Å². The second-order valence-corrected chi connectivity index (χ2v) is 8.50. The van der Waals surface area contributed by atoms with Gasteiger partial charge in [0.05, 0.1) is 0 Å². The highest BCUT2D eigenvalue weighted by molar-refractivity contribution is 7.87. The van der Waals surface area contributed by atoms with Crippen LogP contribution in [-0.2, 0) is 16.6 Å². The van der Waals surface area contributed by atoms with Crippen molar-refractivity contribution in [3.05, 3.63) is 17.6 Å². The molecule has 1 saturated heterocycles. The highest BCUT2D eigenvalue weighted by Crippen LogP contribution is 2.28. The van der Waals surface area contributed by atoms with Gasteiger partial charge in [0.2, 0.25) is 0 Å². The molecule has 1 aromatic heterocycles. The Labute approximate surface area is 145 Å². The molecular weight excluding hydrogens is 326 g/mol. The van der Waals surface area contributed by atoms with Gasteiger partial charge in [-0.05, 0) is 25.7 Å². The molecule has 1 aliphatic rings. The molecular formula is C16H29N5O2S. The van der Waals surface area contributed by atoms with Crippen LogP contribution in [0.4, 0.5) is 5.82 Å². The van der Waals surface area contributed by atoms with Gasteiger partial charge in [-0.1, -0.05) is 20.3 Å². The summed E-state index contributed by atoms with van der Waals surface area (Å²) in [6, 6.07) is -0.0997. The standard InChI is InChI=1S/C16H29N5O2S/c1-6-8-14-10-21(11-15(14)19-24(22,23)20(4)5)16-13(7-2)9-17-12(3)18-16/h9,14-15,19H,6-8,10-11H2,1-5H3/t14-,15-/m1/s1. The highest BCUT2D eigenvalue weighted by atomic mass is 32.2. The maximum atomic E-state index is 12.2. The number of rotatable bonds is 7. The molecule has 1 aromatic rings. The third kappa shape index (κ3) is 4.23. The number of anilines is 1. The van der Waals surface area contributed by atoms with E-state index in [0.29, 0.717) is 6.54 Å². The molecule has 1 aliphatic heterocycles. The van der Waals surface area contributed by atoms with E-state index in [1.54, 1.807) is 14.1 Å². The minimum atomic E-state index is -3.44. The van der Waals surface area contributed by atoms with Crippen LogP contribution in [-0.4, -0.2) is 55.9 Å². The van der Waals surface area contributed by atoms with Crippen LogP contribution in [0, 0.1) is 12.8 Å². The molecule has 8 heteroatoms. The molecule has 1 fully saturated rings.